The summed E-state index contributed by atoms with van der Waals surface area (Å²) in [6, 6.07) is 5.87. The Bertz CT molecular complexity index is 485. The van der Waals surface area contributed by atoms with Crippen LogP contribution in [-0.2, 0) is 9.53 Å². The number of non-ortho nitro benzene ring substituents is 1. The van der Waals surface area contributed by atoms with Gasteiger partial charge in [-0.15, -0.1) is 0 Å². The van der Waals surface area contributed by atoms with Gasteiger partial charge in [-0.3, -0.25) is 14.9 Å². The highest BCUT2D eigenvalue weighted by molar-refractivity contribution is 5.77. The molecule has 0 aromatic heterocycles. The van der Waals surface area contributed by atoms with Crippen LogP contribution in [0.1, 0.15) is 12.8 Å². The van der Waals surface area contributed by atoms with E-state index in [1.165, 1.54) is 18.2 Å². The van der Waals surface area contributed by atoms with E-state index in [-0.39, 0.29) is 24.2 Å². The van der Waals surface area contributed by atoms with Crippen molar-refractivity contribution in [2.24, 2.45) is 0 Å². The average molecular weight is 280 g/mol. The number of carbonyl (C=O) groups excluding carboxylic acids is 1. The van der Waals surface area contributed by atoms with Gasteiger partial charge in [-0.05, 0) is 18.9 Å². The van der Waals surface area contributed by atoms with Crippen LogP contribution >= 0.6 is 0 Å². The first kappa shape index (κ1) is 14.3. The number of benzene rings is 1. The van der Waals surface area contributed by atoms with Crippen molar-refractivity contribution < 1.29 is 19.2 Å². The molecular weight excluding hydrogens is 264 g/mol. The summed E-state index contributed by atoms with van der Waals surface area (Å²) >= 11 is 0. The number of nitrogens with one attached hydrogen (secondary N) is 1. The summed E-state index contributed by atoms with van der Waals surface area (Å²) in [5.41, 5.74) is -0.0627. The van der Waals surface area contributed by atoms with E-state index < -0.39 is 4.92 Å². The molecular formula is C13H16N2O5. The number of nitrogens with zero attached hydrogens (tertiary/aromatic N) is 1. The molecule has 2 rings (SSSR count). The van der Waals surface area contributed by atoms with E-state index >= 15 is 0 Å². The minimum Gasteiger partial charge on any atom is -0.484 e. The lowest BCUT2D eigenvalue weighted by molar-refractivity contribution is -0.384. The summed E-state index contributed by atoms with van der Waals surface area (Å²) in [7, 11) is 0. The molecule has 7 heteroatoms. The van der Waals surface area contributed by atoms with Gasteiger partial charge < -0.3 is 14.8 Å². The molecule has 1 aliphatic rings. The van der Waals surface area contributed by atoms with E-state index in [0.717, 1.165) is 12.8 Å². The third-order valence-corrected chi connectivity index (χ3v) is 2.98. The van der Waals surface area contributed by atoms with Gasteiger partial charge in [-0.25, -0.2) is 0 Å². The van der Waals surface area contributed by atoms with Gasteiger partial charge in [0.25, 0.3) is 11.6 Å². The number of hydrogen-bond donors (Lipinski definition) is 1. The molecule has 1 amide bonds. The number of amides is 1. The quantitative estimate of drug-likeness (QED) is 0.648. The van der Waals surface area contributed by atoms with Crippen molar-refractivity contribution >= 4 is 11.6 Å². The van der Waals surface area contributed by atoms with Gasteiger partial charge in [-0.1, -0.05) is 6.07 Å². The average Bonchev–Trinajstić information content (AvgIpc) is 2.46. The second-order valence-electron chi connectivity index (χ2n) is 4.50. The fraction of sp³-hybridized carbons (Fsp3) is 0.462. The highest BCUT2D eigenvalue weighted by atomic mass is 16.6. The molecule has 7 nitrogen and oxygen atoms in total. The molecule has 1 N–H and O–H groups in total. The molecule has 1 heterocycles. The number of nitro benzene ring substituents is 1. The zero-order valence-corrected chi connectivity index (χ0v) is 10.9. The third-order valence-electron chi connectivity index (χ3n) is 2.98. The van der Waals surface area contributed by atoms with Gasteiger partial charge in [0.2, 0.25) is 0 Å². The molecule has 1 aliphatic heterocycles. The highest BCUT2D eigenvalue weighted by Gasteiger charge is 2.16. The summed E-state index contributed by atoms with van der Waals surface area (Å²) in [5, 5.41) is 13.5. The number of rotatable bonds is 5. The van der Waals surface area contributed by atoms with Crippen LogP contribution in [0.4, 0.5) is 5.69 Å². The van der Waals surface area contributed by atoms with Gasteiger partial charge in [-0.2, -0.15) is 0 Å². The first-order valence-corrected chi connectivity index (χ1v) is 6.39. The zero-order chi connectivity index (χ0) is 14.4. The Kier molecular flexibility index (Phi) is 4.89. The largest absolute Gasteiger partial charge is 0.484 e. The predicted octanol–water partition coefficient (Wildman–Crippen LogP) is 1.27. The van der Waals surface area contributed by atoms with Gasteiger partial charge in [0.05, 0.1) is 11.0 Å². The maximum Gasteiger partial charge on any atom is 0.273 e. The van der Waals surface area contributed by atoms with Gasteiger partial charge in [0.15, 0.2) is 6.61 Å². The molecule has 20 heavy (non-hydrogen) atoms. The van der Waals surface area contributed by atoms with Gasteiger partial charge >= 0.3 is 0 Å². The normalized spacial score (nSPS) is 15.6. The first-order valence-electron chi connectivity index (χ1n) is 6.39. The Labute approximate surface area is 116 Å². The lowest BCUT2D eigenvalue weighted by atomic mass is 10.1. The Morgan fingerprint density at radius 2 is 2.20 bits per heavy atom. The van der Waals surface area contributed by atoms with E-state index in [1.807, 2.05) is 0 Å². The second kappa shape index (κ2) is 6.85. The van der Waals surface area contributed by atoms with Crippen molar-refractivity contribution in [1.82, 2.24) is 5.32 Å². The van der Waals surface area contributed by atoms with Crippen LogP contribution < -0.4 is 10.1 Å². The smallest absolute Gasteiger partial charge is 0.273 e. The number of ether oxygens (including phenoxy) is 2. The molecule has 108 valence electrons. The Morgan fingerprint density at radius 1 is 1.45 bits per heavy atom. The Morgan fingerprint density at radius 3 is 2.90 bits per heavy atom. The maximum absolute atomic E-state index is 11.7. The fourth-order valence-corrected chi connectivity index (χ4v) is 1.95. The van der Waals surface area contributed by atoms with E-state index in [4.69, 9.17) is 9.47 Å². The third kappa shape index (κ3) is 4.20. The summed E-state index contributed by atoms with van der Waals surface area (Å²) in [4.78, 5) is 21.8. The molecule has 0 saturated carbocycles. The van der Waals surface area contributed by atoms with Crippen LogP contribution in [-0.4, -0.2) is 36.7 Å². The maximum atomic E-state index is 11.7. The summed E-state index contributed by atoms with van der Waals surface area (Å²) in [6.45, 7) is 1.14. The second-order valence-corrected chi connectivity index (χ2v) is 4.50. The molecule has 0 radical (unpaired) electrons. The van der Waals surface area contributed by atoms with Crippen molar-refractivity contribution in [3.8, 4) is 5.75 Å². The van der Waals surface area contributed by atoms with Crippen LogP contribution in [0.2, 0.25) is 0 Å². The van der Waals surface area contributed by atoms with Crippen LogP contribution in [0.25, 0.3) is 0 Å². The number of carbonyl (C=O) groups is 1. The minimum absolute atomic E-state index is 0.0627. The van der Waals surface area contributed by atoms with Crippen LogP contribution in [0.5, 0.6) is 5.75 Å². The topological polar surface area (TPSA) is 90.7 Å². The lowest BCUT2D eigenvalue weighted by Gasteiger charge is -2.23. The SMILES string of the molecule is O=C(COc1cccc([N+](=O)[O-])c1)NC1CCOCC1. The van der Waals surface area contributed by atoms with Crippen LogP contribution in [0.3, 0.4) is 0 Å². The summed E-state index contributed by atoms with van der Waals surface area (Å²) in [5.74, 6) is 0.0738. The Hall–Kier alpha value is -2.15. The van der Waals surface area contributed by atoms with Crippen molar-refractivity contribution in [2.75, 3.05) is 19.8 Å². The molecule has 0 aliphatic carbocycles. The van der Waals surface area contributed by atoms with Crippen LogP contribution in [0.15, 0.2) is 24.3 Å². The highest BCUT2D eigenvalue weighted by Crippen LogP contribution is 2.18. The molecule has 0 unspecified atom stereocenters. The van der Waals surface area contributed by atoms with Crippen molar-refractivity contribution in [2.45, 2.75) is 18.9 Å². The molecule has 1 aromatic rings. The number of hydrogen-bond acceptors (Lipinski definition) is 5. The van der Waals surface area contributed by atoms with E-state index in [0.29, 0.717) is 19.0 Å². The molecule has 0 atom stereocenters. The summed E-state index contributed by atoms with van der Waals surface area (Å²) < 4.78 is 10.5. The Balaban J connectivity index is 1.80. The number of nitro groups is 1. The van der Waals surface area contributed by atoms with E-state index in [9.17, 15) is 14.9 Å². The molecule has 1 saturated heterocycles. The summed E-state index contributed by atoms with van der Waals surface area (Å²) in [6.07, 6.45) is 1.59. The fourth-order valence-electron chi connectivity index (χ4n) is 1.95. The first-order chi connectivity index (χ1) is 9.65. The van der Waals surface area contributed by atoms with E-state index in [2.05, 4.69) is 5.32 Å². The standard InChI is InChI=1S/C13H16N2O5/c16-13(14-10-4-6-19-7-5-10)9-20-12-3-1-2-11(8-12)15(17)18/h1-3,8,10H,4-7,9H2,(H,14,16). The molecule has 0 spiro atoms. The molecule has 1 fully saturated rings. The van der Waals surface area contributed by atoms with Crippen LogP contribution in [0, 0.1) is 10.1 Å². The predicted molar refractivity (Wildman–Crippen MR) is 70.6 cm³/mol. The van der Waals surface area contributed by atoms with Crippen molar-refractivity contribution in [3.05, 3.63) is 34.4 Å². The van der Waals surface area contributed by atoms with Crippen molar-refractivity contribution in [3.63, 3.8) is 0 Å². The van der Waals surface area contributed by atoms with E-state index in [1.54, 1.807) is 6.07 Å². The zero-order valence-electron chi connectivity index (χ0n) is 10.9. The van der Waals surface area contributed by atoms with Gasteiger partial charge in [0, 0.05) is 25.3 Å². The monoisotopic (exact) mass is 280 g/mol. The lowest BCUT2D eigenvalue weighted by Crippen LogP contribution is -2.41. The van der Waals surface area contributed by atoms with Gasteiger partial charge in [0.1, 0.15) is 5.75 Å². The van der Waals surface area contributed by atoms with Crippen molar-refractivity contribution in [1.29, 1.82) is 0 Å². The molecule has 1 aromatic carbocycles. The minimum atomic E-state index is -0.505. The molecule has 0 bridgehead atoms.